The number of benzene rings is 3. The molecule has 0 saturated heterocycles. The van der Waals surface area contributed by atoms with Crippen molar-refractivity contribution >= 4 is 66.6 Å². The minimum Gasteiger partial charge on any atom is -0.456 e. The molecule has 106 valence electrons. The van der Waals surface area contributed by atoms with Crippen LogP contribution in [0.25, 0.3) is 43.7 Å². The number of para-hydroxylation sites is 1. The number of nitrogens with zero attached hydrogens (tertiary/aromatic N) is 1. The molecule has 2 aromatic heterocycles. The van der Waals surface area contributed by atoms with Crippen molar-refractivity contribution in [3.8, 4) is 0 Å². The van der Waals surface area contributed by atoms with Crippen molar-refractivity contribution in [2.75, 3.05) is 0 Å². The third kappa shape index (κ3) is 1.54. The molecule has 0 aliphatic heterocycles. The molecule has 5 rings (SSSR count). The van der Waals surface area contributed by atoms with Crippen LogP contribution in [0.1, 0.15) is 5.56 Å². The van der Waals surface area contributed by atoms with Gasteiger partial charge in [0.25, 0.3) is 0 Å². The zero-order chi connectivity index (χ0) is 14.8. The Morgan fingerprint density at radius 1 is 0.773 bits per heavy atom. The van der Waals surface area contributed by atoms with E-state index in [2.05, 4.69) is 75.0 Å². The third-order valence-electron chi connectivity index (χ3n) is 4.36. The van der Waals surface area contributed by atoms with Crippen molar-refractivity contribution in [2.45, 2.75) is 6.92 Å². The normalized spacial score (nSPS) is 12.1. The van der Waals surface area contributed by atoms with Gasteiger partial charge in [0.15, 0.2) is 0 Å². The van der Waals surface area contributed by atoms with Gasteiger partial charge in [0.2, 0.25) is 0 Å². The van der Waals surface area contributed by atoms with Crippen molar-refractivity contribution < 1.29 is 4.42 Å². The summed E-state index contributed by atoms with van der Waals surface area (Å²) >= 11 is 2.39. The van der Waals surface area contributed by atoms with Gasteiger partial charge in [0, 0.05) is 21.5 Å². The maximum atomic E-state index is 6.03. The Morgan fingerprint density at radius 3 is 2.50 bits per heavy atom. The van der Waals surface area contributed by atoms with Crippen LogP contribution >= 0.6 is 22.9 Å². The first-order valence-electron chi connectivity index (χ1n) is 7.24. The van der Waals surface area contributed by atoms with Gasteiger partial charge in [-0.25, -0.2) is 0 Å². The second kappa shape index (κ2) is 4.26. The average molecular weight is 397 g/mol. The number of halogens is 1. The van der Waals surface area contributed by atoms with Gasteiger partial charge in [0.1, 0.15) is 11.2 Å². The van der Waals surface area contributed by atoms with E-state index in [1.807, 2.05) is 12.1 Å². The molecule has 0 fully saturated rings. The summed E-state index contributed by atoms with van der Waals surface area (Å²) in [6.07, 6.45) is 0. The summed E-state index contributed by atoms with van der Waals surface area (Å²) in [7, 11) is 0. The van der Waals surface area contributed by atoms with Gasteiger partial charge in [-0.2, -0.15) is 0 Å². The lowest BCUT2D eigenvalue weighted by atomic mass is 10.1. The zero-order valence-corrected chi connectivity index (χ0v) is 14.1. The molecular formula is C19H12INO. The SMILES string of the molecule is Cc1ccc2c3cc4oc5ccccc5c4cc3n(I)c2c1. The Kier molecular flexibility index (Phi) is 2.42. The van der Waals surface area contributed by atoms with Gasteiger partial charge in [-0.15, -0.1) is 0 Å². The zero-order valence-electron chi connectivity index (χ0n) is 11.9. The Bertz CT molecular complexity index is 1200. The molecular weight excluding hydrogens is 385 g/mol. The molecule has 0 bridgehead atoms. The van der Waals surface area contributed by atoms with Crippen LogP contribution in [0.15, 0.2) is 59.0 Å². The topological polar surface area (TPSA) is 18.1 Å². The first kappa shape index (κ1) is 12.5. The van der Waals surface area contributed by atoms with E-state index >= 15 is 0 Å². The van der Waals surface area contributed by atoms with E-state index in [0.29, 0.717) is 0 Å². The second-order valence-electron chi connectivity index (χ2n) is 5.77. The summed E-state index contributed by atoms with van der Waals surface area (Å²) in [5, 5.41) is 4.88. The molecule has 0 radical (unpaired) electrons. The highest BCUT2D eigenvalue weighted by molar-refractivity contribution is 14.1. The molecule has 0 atom stereocenters. The highest BCUT2D eigenvalue weighted by Gasteiger charge is 2.14. The number of fused-ring (bicyclic) bond motifs is 6. The average Bonchev–Trinajstić information content (AvgIpc) is 3.02. The predicted octanol–water partition coefficient (Wildman–Crippen LogP) is 6.20. The van der Waals surface area contributed by atoms with Crippen LogP contribution in [-0.4, -0.2) is 2.78 Å². The Labute approximate surface area is 140 Å². The van der Waals surface area contributed by atoms with Crippen molar-refractivity contribution in [3.63, 3.8) is 0 Å². The Morgan fingerprint density at radius 2 is 1.59 bits per heavy atom. The van der Waals surface area contributed by atoms with Gasteiger partial charge < -0.3 is 4.42 Å². The molecule has 0 saturated carbocycles. The standard InChI is InChI=1S/C19H12INO/c1-11-6-7-12-14-10-19-15(9-17(14)21(20)16(12)8-11)13-4-2-3-5-18(13)22-19/h2-10H,1H3. The van der Waals surface area contributed by atoms with Gasteiger partial charge in [-0.1, -0.05) is 30.3 Å². The van der Waals surface area contributed by atoms with Crippen LogP contribution < -0.4 is 0 Å². The Balaban J connectivity index is 2.04. The van der Waals surface area contributed by atoms with Gasteiger partial charge in [0.05, 0.1) is 33.9 Å². The maximum Gasteiger partial charge on any atom is 0.136 e. The first-order chi connectivity index (χ1) is 10.7. The molecule has 0 amide bonds. The van der Waals surface area contributed by atoms with E-state index in [1.54, 1.807) is 0 Å². The fourth-order valence-electron chi connectivity index (χ4n) is 3.30. The van der Waals surface area contributed by atoms with Crippen LogP contribution in [0, 0.1) is 6.92 Å². The van der Waals surface area contributed by atoms with Crippen LogP contribution in [-0.2, 0) is 0 Å². The summed E-state index contributed by atoms with van der Waals surface area (Å²) < 4.78 is 8.28. The quantitative estimate of drug-likeness (QED) is 0.285. The summed E-state index contributed by atoms with van der Waals surface area (Å²) in [4.78, 5) is 0. The summed E-state index contributed by atoms with van der Waals surface area (Å²) in [5.74, 6) is 0. The fourth-order valence-corrected chi connectivity index (χ4v) is 4.10. The number of rotatable bonds is 0. The minimum atomic E-state index is 0.949. The van der Waals surface area contributed by atoms with E-state index in [1.165, 1.54) is 38.1 Å². The van der Waals surface area contributed by atoms with Crippen LogP contribution in [0.3, 0.4) is 0 Å². The van der Waals surface area contributed by atoms with E-state index in [-0.39, 0.29) is 0 Å². The van der Waals surface area contributed by atoms with Crippen LogP contribution in [0.2, 0.25) is 0 Å². The second-order valence-corrected chi connectivity index (χ2v) is 6.73. The van der Waals surface area contributed by atoms with E-state index in [0.717, 1.165) is 11.2 Å². The van der Waals surface area contributed by atoms with Gasteiger partial charge in [-0.3, -0.25) is 2.78 Å². The van der Waals surface area contributed by atoms with Crippen molar-refractivity contribution in [3.05, 3.63) is 60.2 Å². The lowest BCUT2D eigenvalue weighted by Gasteiger charge is -1.96. The smallest absolute Gasteiger partial charge is 0.136 e. The number of hydrogen-bond acceptors (Lipinski definition) is 1. The Hall–Kier alpha value is -2.01. The summed E-state index contributed by atoms with van der Waals surface area (Å²) in [6.45, 7) is 2.13. The van der Waals surface area contributed by atoms with Gasteiger partial charge >= 0.3 is 0 Å². The third-order valence-corrected chi connectivity index (χ3v) is 5.40. The van der Waals surface area contributed by atoms with E-state index in [9.17, 15) is 0 Å². The fraction of sp³-hybridized carbons (Fsp3) is 0.0526. The lowest BCUT2D eigenvalue weighted by molar-refractivity contribution is 0.669. The molecule has 2 heterocycles. The molecule has 0 spiro atoms. The molecule has 0 aliphatic rings. The van der Waals surface area contributed by atoms with Gasteiger partial charge in [-0.05, 0) is 36.8 Å². The largest absolute Gasteiger partial charge is 0.456 e. The molecule has 22 heavy (non-hydrogen) atoms. The highest BCUT2D eigenvalue weighted by atomic mass is 127. The molecule has 5 aromatic rings. The van der Waals surface area contributed by atoms with E-state index in [4.69, 9.17) is 4.42 Å². The molecule has 3 heteroatoms. The van der Waals surface area contributed by atoms with Crippen LogP contribution in [0.4, 0.5) is 0 Å². The lowest BCUT2D eigenvalue weighted by Crippen LogP contribution is -1.78. The van der Waals surface area contributed by atoms with Crippen molar-refractivity contribution in [2.24, 2.45) is 0 Å². The first-order valence-corrected chi connectivity index (χ1v) is 8.21. The molecule has 0 aliphatic carbocycles. The monoisotopic (exact) mass is 397 g/mol. The minimum absolute atomic E-state index is 0.949. The van der Waals surface area contributed by atoms with Crippen molar-refractivity contribution in [1.82, 2.24) is 2.78 Å². The highest BCUT2D eigenvalue weighted by Crippen LogP contribution is 2.37. The maximum absolute atomic E-state index is 6.03. The molecule has 3 aromatic carbocycles. The molecule has 2 nitrogen and oxygen atoms in total. The number of aromatic nitrogens is 1. The molecule has 0 unspecified atom stereocenters. The number of furan rings is 1. The number of hydrogen-bond donors (Lipinski definition) is 0. The van der Waals surface area contributed by atoms with Crippen LogP contribution in [0.5, 0.6) is 0 Å². The number of aryl methyl sites for hydroxylation is 1. The van der Waals surface area contributed by atoms with Crippen molar-refractivity contribution in [1.29, 1.82) is 0 Å². The summed E-state index contributed by atoms with van der Waals surface area (Å²) in [6, 6.07) is 19.3. The van der Waals surface area contributed by atoms with E-state index < -0.39 is 0 Å². The summed E-state index contributed by atoms with van der Waals surface area (Å²) in [5.41, 5.74) is 5.68. The molecule has 0 N–H and O–H groups in total. The predicted molar refractivity (Wildman–Crippen MR) is 101 cm³/mol.